The van der Waals surface area contributed by atoms with Crippen molar-refractivity contribution in [3.8, 4) is 0 Å². The van der Waals surface area contributed by atoms with E-state index in [0.29, 0.717) is 6.42 Å². The van der Waals surface area contributed by atoms with Gasteiger partial charge in [-0.2, -0.15) is 0 Å². The summed E-state index contributed by atoms with van der Waals surface area (Å²) in [6.45, 7) is 10.0. The molecular formula is C13H22N4O2. The molecule has 106 valence electrons. The summed E-state index contributed by atoms with van der Waals surface area (Å²) in [4.78, 5) is 10.2. The van der Waals surface area contributed by atoms with E-state index in [4.69, 9.17) is 26.7 Å². The molecule has 0 saturated carbocycles. The lowest BCUT2D eigenvalue weighted by molar-refractivity contribution is -0.136. The van der Waals surface area contributed by atoms with Gasteiger partial charge in [-0.15, -0.1) is 0 Å². The van der Waals surface area contributed by atoms with E-state index < -0.39 is 5.97 Å². The van der Waals surface area contributed by atoms with Gasteiger partial charge < -0.3 is 26.7 Å². The van der Waals surface area contributed by atoms with Gasteiger partial charge in [-0.05, 0) is 38.9 Å². The number of aliphatic carboxylic acids is 1. The fourth-order valence-electron chi connectivity index (χ4n) is 0.896. The summed E-state index contributed by atoms with van der Waals surface area (Å²) in [6, 6.07) is 9.62. The van der Waals surface area contributed by atoms with Crippen LogP contribution in [0.1, 0.15) is 12.0 Å². The topological polar surface area (TPSA) is 133 Å². The first-order chi connectivity index (χ1) is 9.29. The van der Waals surface area contributed by atoms with Crippen molar-refractivity contribution in [2.45, 2.75) is 12.8 Å². The molecule has 0 fully saturated rings. The molecule has 0 aliphatic rings. The third kappa shape index (κ3) is 25.5. The number of benzene rings is 1. The zero-order chi connectivity index (χ0) is 16.1. The molecule has 0 spiro atoms. The maximum atomic E-state index is 10.2. The first kappa shape index (κ1) is 25.3. The third-order valence-electron chi connectivity index (χ3n) is 1.47. The van der Waals surface area contributed by atoms with Gasteiger partial charge in [-0.25, -0.2) is 0 Å². The highest BCUT2D eigenvalue weighted by molar-refractivity contribution is 5.67. The highest BCUT2D eigenvalue weighted by atomic mass is 16.4. The Hall–Kier alpha value is -2.63. The van der Waals surface area contributed by atoms with Crippen LogP contribution in [-0.4, -0.2) is 37.9 Å². The van der Waals surface area contributed by atoms with Gasteiger partial charge in [0.2, 0.25) is 0 Å². The van der Waals surface area contributed by atoms with Gasteiger partial charge in [0.1, 0.15) is 0 Å². The lowest BCUT2D eigenvalue weighted by atomic mass is 10.1. The molecule has 0 heterocycles. The Balaban J connectivity index is -0.000000121. The van der Waals surface area contributed by atoms with Crippen LogP contribution in [0.2, 0.25) is 0 Å². The summed E-state index contributed by atoms with van der Waals surface area (Å²) >= 11 is 0. The molecule has 19 heavy (non-hydrogen) atoms. The number of nitrogens with one attached hydrogen (secondary N) is 4. The lowest BCUT2D eigenvalue weighted by Gasteiger charge is -1.95. The molecule has 1 aromatic rings. The molecule has 6 nitrogen and oxygen atoms in total. The summed E-state index contributed by atoms with van der Waals surface area (Å²) in [6.07, 6.45) is 0.834. The number of aryl methyl sites for hydroxylation is 1. The van der Waals surface area contributed by atoms with Crippen molar-refractivity contribution >= 4 is 32.8 Å². The second-order valence-electron chi connectivity index (χ2n) is 2.38. The van der Waals surface area contributed by atoms with Gasteiger partial charge in [0.05, 0.1) is 0 Å². The van der Waals surface area contributed by atoms with E-state index in [1.54, 1.807) is 0 Å². The average Bonchev–Trinajstić information content (AvgIpc) is 2.54. The predicted molar refractivity (Wildman–Crippen MR) is 81.8 cm³/mol. The fraction of sp³-hybridized carbons (Fsp3) is 0.154. The number of rotatable bonds is 3. The SMILES string of the molecule is C=N.C=N.C=N.C=N.O=C(O)CCc1ccccc1. The van der Waals surface area contributed by atoms with Crippen LogP contribution in [0.3, 0.4) is 0 Å². The summed E-state index contributed by atoms with van der Waals surface area (Å²) in [5.41, 5.74) is 1.08. The summed E-state index contributed by atoms with van der Waals surface area (Å²) in [5, 5.41) is 30.4. The number of hydrogen-bond donors (Lipinski definition) is 5. The van der Waals surface area contributed by atoms with Crippen molar-refractivity contribution in [2.24, 2.45) is 0 Å². The molecule has 0 unspecified atom stereocenters. The number of carboxylic acids is 1. The van der Waals surface area contributed by atoms with Crippen LogP contribution >= 0.6 is 0 Å². The Bertz CT molecular complexity index is 286. The normalized spacial score (nSPS) is 6.32. The van der Waals surface area contributed by atoms with Gasteiger partial charge in [0.15, 0.2) is 0 Å². The fourth-order valence-corrected chi connectivity index (χ4v) is 0.896. The Morgan fingerprint density at radius 1 is 0.895 bits per heavy atom. The van der Waals surface area contributed by atoms with E-state index in [-0.39, 0.29) is 6.42 Å². The van der Waals surface area contributed by atoms with E-state index in [1.165, 1.54) is 0 Å². The van der Waals surface area contributed by atoms with Gasteiger partial charge in [0.25, 0.3) is 0 Å². The minimum absolute atomic E-state index is 0.212. The van der Waals surface area contributed by atoms with Crippen molar-refractivity contribution < 1.29 is 9.90 Å². The van der Waals surface area contributed by atoms with Crippen molar-refractivity contribution in [2.75, 3.05) is 0 Å². The molecule has 0 aliphatic carbocycles. The molecule has 0 bridgehead atoms. The molecule has 6 heteroatoms. The largest absolute Gasteiger partial charge is 0.481 e. The Morgan fingerprint density at radius 3 is 1.58 bits per heavy atom. The second-order valence-corrected chi connectivity index (χ2v) is 2.38. The summed E-state index contributed by atoms with van der Waals surface area (Å²) < 4.78 is 0. The highest BCUT2D eigenvalue weighted by Gasteiger charge is 1.96. The van der Waals surface area contributed by atoms with Gasteiger partial charge in [0, 0.05) is 6.42 Å². The Kier molecular flexibility index (Phi) is 39.3. The number of hydrogen-bond acceptors (Lipinski definition) is 5. The van der Waals surface area contributed by atoms with Crippen LogP contribution in [0, 0.1) is 21.6 Å². The average molecular weight is 266 g/mol. The van der Waals surface area contributed by atoms with E-state index in [2.05, 4.69) is 26.9 Å². The van der Waals surface area contributed by atoms with Gasteiger partial charge >= 0.3 is 5.97 Å². The van der Waals surface area contributed by atoms with Crippen molar-refractivity contribution in [3.63, 3.8) is 0 Å². The molecule has 0 amide bonds. The van der Waals surface area contributed by atoms with Crippen molar-refractivity contribution in [1.29, 1.82) is 21.6 Å². The first-order valence-corrected chi connectivity index (χ1v) is 4.96. The van der Waals surface area contributed by atoms with Crippen molar-refractivity contribution in [3.05, 3.63) is 35.9 Å². The maximum absolute atomic E-state index is 10.2. The van der Waals surface area contributed by atoms with Gasteiger partial charge in [-0.1, -0.05) is 30.3 Å². The minimum Gasteiger partial charge on any atom is -0.481 e. The van der Waals surface area contributed by atoms with Crippen LogP contribution < -0.4 is 0 Å². The van der Waals surface area contributed by atoms with Crippen LogP contribution in [0.25, 0.3) is 0 Å². The van der Waals surface area contributed by atoms with E-state index in [0.717, 1.165) is 5.56 Å². The molecule has 0 aliphatic heterocycles. The molecule has 1 aromatic carbocycles. The highest BCUT2D eigenvalue weighted by Crippen LogP contribution is 2.01. The van der Waals surface area contributed by atoms with Crippen LogP contribution in [-0.2, 0) is 11.2 Å². The van der Waals surface area contributed by atoms with Crippen molar-refractivity contribution in [1.82, 2.24) is 0 Å². The van der Waals surface area contributed by atoms with E-state index in [9.17, 15) is 4.79 Å². The van der Waals surface area contributed by atoms with E-state index in [1.807, 2.05) is 30.3 Å². The minimum atomic E-state index is -0.742. The Morgan fingerprint density at radius 2 is 1.26 bits per heavy atom. The summed E-state index contributed by atoms with van der Waals surface area (Å²) in [5.74, 6) is -0.742. The zero-order valence-electron chi connectivity index (χ0n) is 11.0. The molecule has 0 aromatic heterocycles. The monoisotopic (exact) mass is 266 g/mol. The zero-order valence-corrected chi connectivity index (χ0v) is 11.0. The third-order valence-corrected chi connectivity index (χ3v) is 1.47. The maximum Gasteiger partial charge on any atom is 0.303 e. The van der Waals surface area contributed by atoms with Crippen LogP contribution in [0.4, 0.5) is 0 Å². The molecule has 1 rings (SSSR count). The van der Waals surface area contributed by atoms with E-state index >= 15 is 0 Å². The first-order valence-electron chi connectivity index (χ1n) is 4.96. The molecule has 5 N–H and O–H groups in total. The second kappa shape index (κ2) is 29.5. The standard InChI is InChI=1S/C9H10O2.4CH3N/c10-9(11)7-6-8-4-2-1-3-5-8;4*1-2/h1-5H,6-7H2,(H,10,11);4*2H,1H2. The number of carboxylic acid groups (broad SMARTS) is 1. The summed E-state index contributed by atoms with van der Waals surface area (Å²) in [7, 11) is 0. The van der Waals surface area contributed by atoms with Crippen LogP contribution in [0.5, 0.6) is 0 Å². The molecular weight excluding hydrogens is 244 g/mol. The number of carbonyl (C=O) groups is 1. The lowest BCUT2D eigenvalue weighted by Crippen LogP contribution is -1.96. The molecule has 0 atom stereocenters. The van der Waals surface area contributed by atoms with Crippen LogP contribution in [0.15, 0.2) is 30.3 Å². The quantitative estimate of drug-likeness (QED) is 0.538. The Labute approximate surface area is 114 Å². The predicted octanol–water partition coefficient (Wildman–Crippen LogP) is 2.77. The van der Waals surface area contributed by atoms with Gasteiger partial charge in [-0.3, -0.25) is 4.79 Å². The molecule has 0 radical (unpaired) electrons. The smallest absolute Gasteiger partial charge is 0.303 e. The molecule has 0 saturated heterocycles.